The number of pyridine rings is 1. The zero-order valence-corrected chi connectivity index (χ0v) is 14.9. The first-order chi connectivity index (χ1) is 12.3. The molecule has 1 aliphatic carbocycles. The number of fused-ring (bicyclic) bond motifs is 1. The Labute approximate surface area is 151 Å². The summed E-state index contributed by atoms with van der Waals surface area (Å²) < 4.78 is 11.7. The van der Waals surface area contributed by atoms with Gasteiger partial charge in [-0.15, -0.1) is 11.3 Å². The number of ether oxygens (including phenoxy) is 2. The minimum atomic E-state index is 0.137. The predicted octanol–water partition coefficient (Wildman–Crippen LogP) is 2.77. The van der Waals surface area contributed by atoms with E-state index in [1.807, 2.05) is 40.6 Å². The first-order valence-corrected chi connectivity index (χ1v) is 9.65. The molecular formula is C19H22N2O3S. The Bertz CT molecular complexity index is 692. The summed E-state index contributed by atoms with van der Waals surface area (Å²) in [6, 6.07) is 9.87. The van der Waals surface area contributed by atoms with Gasteiger partial charge in [-0.25, -0.2) is 4.98 Å². The Balaban J connectivity index is 1.35. The predicted molar refractivity (Wildman–Crippen MR) is 95.7 cm³/mol. The van der Waals surface area contributed by atoms with Gasteiger partial charge in [-0.2, -0.15) is 0 Å². The molecule has 5 nitrogen and oxygen atoms in total. The lowest BCUT2D eigenvalue weighted by atomic mass is 10.1. The third kappa shape index (κ3) is 3.85. The summed E-state index contributed by atoms with van der Waals surface area (Å²) in [6.45, 7) is 1.95. The van der Waals surface area contributed by atoms with E-state index in [1.165, 1.54) is 0 Å². The average molecular weight is 358 g/mol. The Morgan fingerprint density at radius 2 is 2.28 bits per heavy atom. The second-order valence-corrected chi connectivity index (χ2v) is 7.67. The van der Waals surface area contributed by atoms with Crippen molar-refractivity contribution in [3.05, 3.63) is 46.8 Å². The van der Waals surface area contributed by atoms with Gasteiger partial charge in [0, 0.05) is 23.7 Å². The molecule has 0 spiro atoms. The van der Waals surface area contributed by atoms with Crippen LogP contribution in [0, 0.1) is 5.92 Å². The summed E-state index contributed by atoms with van der Waals surface area (Å²) in [7, 11) is 0. The molecule has 0 radical (unpaired) electrons. The zero-order chi connectivity index (χ0) is 17.1. The second-order valence-electron chi connectivity index (χ2n) is 6.64. The molecule has 1 amide bonds. The Hall–Kier alpha value is -1.92. The van der Waals surface area contributed by atoms with Gasteiger partial charge in [0.05, 0.1) is 31.8 Å². The number of hydrogen-bond donors (Lipinski definition) is 0. The molecule has 2 aromatic rings. The van der Waals surface area contributed by atoms with E-state index in [0.717, 1.165) is 17.7 Å². The van der Waals surface area contributed by atoms with Gasteiger partial charge in [0.1, 0.15) is 0 Å². The van der Waals surface area contributed by atoms with Crippen molar-refractivity contribution in [1.29, 1.82) is 0 Å². The molecule has 2 aliphatic rings. The number of amides is 1. The van der Waals surface area contributed by atoms with E-state index in [4.69, 9.17) is 9.47 Å². The molecule has 2 aromatic heterocycles. The van der Waals surface area contributed by atoms with Crippen LogP contribution in [0.15, 0.2) is 41.9 Å². The summed E-state index contributed by atoms with van der Waals surface area (Å²) in [4.78, 5) is 20.1. The van der Waals surface area contributed by atoms with Crippen LogP contribution in [0.4, 0.5) is 0 Å². The van der Waals surface area contributed by atoms with Crippen LogP contribution >= 0.6 is 11.3 Å². The summed E-state index contributed by atoms with van der Waals surface area (Å²) in [6.07, 6.45) is 4.25. The number of hydrogen-bond acceptors (Lipinski definition) is 5. The van der Waals surface area contributed by atoms with Crippen molar-refractivity contribution in [2.45, 2.75) is 31.4 Å². The number of carbonyl (C=O) groups excluding carboxylic acids is 1. The molecule has 0 unspecified atom stereocenters. The van der Waals surface area contributed by atoms with E-state index in [-0.39, 0.29) is 18.1 Å². The highest BCUT2D eigenvalue weighted by Gasteiger charge is 2.42. The molecular weight excluding hydrogens is 336 g/mol. The molecule has 0 aromatic carbocycles. The first-order valence-electron chi connectivity index (χ1n) is 8.77. The fourth-order valence-electron chi connectivity index (χ4n) is 3.80. The minimum absolute atomic E-state index is 0.137. The van der Waals surface area contributed by atoms with Crippen LogP contribution in [0.5, 0.6) is 5.88 Å². The van der Waals surface area contributed by atoms with E-state index in [1.54, 1.807) is 17.5 Å². The molecule has 4 rings (SSSR count). The highest BCUT2D eigenvalue weighted by atomic mass is 32.1. The smallest absolute Gasteiger partial charge is 0.228 e. The van der Waals surface area contributed by atoms with Crippen molar-refractivity contribution in [2.75, 3.05) is 19.8 Å². The Morgan fingerprint density at radius 1 is 1.32 bits per heavy atom. The van der Waals surface area contributed by atoms with Gasteiger partial charge >= 0.3 is 0 Å². The van der Waals surface area contributed by atoms with Gasteiger partial charge in [0.2, 0.25) is 11.8 Å². The lowest BCUT2D eigenvalue weighted by molar-refractivity contribution is -0.143. The van der Waals surface area contributed by atoms with Gasteiger partial charge in [0.15, 0.2) is 0 Å². The van der Waals surface area contributed by atoms with Crippen molar-refractivity contribution in [3.63, 3.8) is 0 Å². The van der Waals surface area contributed by atoms with E-state index in [9.17, 15) is 4.79 Å². The quantitative estimate of drug-likeness (QED) is 0.825. The summed E-state index contributed by atoms with van der Waals surface area (Å²) in [5.41, 5.74) is 0. The van der Waals surface area contributed by atoms with E-state index in [2.05, 4.69) is 4.98 Å². The normalized spacial score (nSPS) is 25.6. The number of nitrogens with zero attached hydrogens (tertiary/aromatic N) is 2. The molecule has 25 heavy (non-hydrogen) atoms. The number of rotatable bonds is 5. The minimum Gasteiger partial charge on any atom is -0.477 e. The molecule has 0 bridgehead atoms. The van der Waals surface area contributed by atoms with Crippen molar-refractivity contribution >= 4 is 17.2 Å². The first kappa shape index (κ1) is 16.5. The molecule has 2 fully saturated rings. The molecule has 0 N–H and O–H groups in total. The third-order valence-corrected chi connectivity index (χ3v) is 5.84. The molecule has 132 valence electrons. The summed E-state index contributed by atoms with van der Waals surface area (Å²) in [5, 5.41) is 2.02. The topological polar surface area (TPSA) is 51.7 Å². The van der Waals surface area contributed by atoms with Gasteiger partial charge < -0.3 is 14.4 Å². The lowest BCUT2D eigenvalue weighted by Crippen LogP contribution is -2.51. The molecule has 1 saturated heterocycles. The van der Waals surface area contributed by atoms with E-state index >= 15 is 0 Å². The lowest BCUT2D eigenvalue weighted by Gasteiger charge is -2.37. The van der Waals surface area contributed by atoms with Crippen LogP contribution in [-0.4, -0.2) is 47.7 Å². The van der Waals surface area contributed by atoms with Crippen LogP contribution in [-0.2, 0) is 16.0 Å². The van der Waals surface area contributed by atoms with Crippen molar-refractivity contribution in [1.82, 2.24) is 9.88 Å². The maximum Gasteiger partial charge on any atom is 0.228 e. The van der Waals surface area contributed by atoms with Crippen LogP contribution in [0.2, 0.25) is 0 Å². The molecule has 6 heteroatoms. The molecule has 1 saturated carbocycles. The highest BCUT2D eigenvalue weighted by Crippen LogP contribution is 2.35. The third-order valence-electron chi connectivity index (χ3n) is 4.96. The van der Waals surface area contributed by atoms with Crippen LogP contribution in [0.1, 0.15) is 17.7 Å². The van der Waals surface area contributed by atoms with Crippen LogP contribution in [0.25, 0.3) is 0 Å². The fourth-order valence-corrected chi connectivity index (χ4v) is 4.49. The maximum absolute atomic E-state index is 12.7. The molecule has 3 heterocycles. The number of carbonyl (C=O) groups is 1. The standard InChI is InChI=1S/C19H22N2O3S/c22-19(12-15-4-3-9-25-15)21-7-8-23-17-11-14(10-16(17)21)13-24-18-5-1-2-6-20-18/h1-6,9,14,16-17H,7-8,10-13H2/t14-,16-,17-/m1/s1. The monoisotopic (exact) mass is 358 g/mol. The largest absolute Gasteiger partial charge is 0.477 e. The van der Waals surface area contributed by atoms with Crippen LogP contribution < -0.4 is 4.74 Å². The van der Waals surface area contributed by atoms with Crippen molar-refractivity contribution < 1.29 is 14.3 Å². The molecule has 1 aliphatic heterocycles. The van der Waals surface area contributed by atoms with Crippen molar-refractivity contribution in [3.8, 4) is 5.88 Å². The zero-order valence-electron chi connectivity index (χ0n) is 14.0. The highest BCUT2D eigenvalue weighted by molar-refractivity contribution is 7.10. The Kier molecular flexibility index (Phi) is 4.99. The van der Waals surface area contributed by atoms with Gasteiger partial charge in [0.25, 0.3) is 0 Å². The number of aromatic nitrogens is 1. The number of morpholine rings is 1. The van der Waals surface area contributed by atoms with Gasteiger partial charge in [-0.3, -0.25) is 4.79 Å². The molecule has 3 atom stereocenters. The van der Waals surface area contributed by atoms with Crippen LogP contribution in [0.3, 0.4) is 0 Å². The fraction of sp³-hybridized carbons (Fsp3) is 0.474. The second kappa shape index (κ2) is 7.54. The number of thiophene rings is 1. The van der Waals surface area contributed by atoms with Gasteiger partial charge in [-0.05, 0) is 36.3 Å². The van der Waals surface area contributed by atoms with E-state index in [0.29, 0.717) is 38.0 Å². The van der Waals surface area contributed by atoms with E-state index < -0.39 is 0 Å². The maximum atomic E-state index is 12.7. The van der Waals surface area contributed by atoms with Crippen molar-refractivity contribution in [2.24, 2.45) is 5.92 Å². The SMILES string of the molecule is O=C(Cc1cccs1)N1CCO[C@@H]2C[C@H](COc3ccccn3)C[C@H]21. The Morgan fingerprint density at radius 3 is 3.08 bits per heavy atom. The summed E-state index contributed by atoms with van der Waals surface area (Å²) in [5.74, 6) is 1.27. The van der Waals surface area contributed by atoms with Gasteiger partial charge in [-0.1, -0.05) is 12.1 Å². The summed E-state index contributed by atoms with van der Waals surface area (Å²) >= 11 is 1.64. The average Bonchev–Trinajstić information content (AvgIpc) is 3.29.